The van der Waals surface area contributed by atoms with E-state index in [0.717, 1.165) is 55.0 Å². The van der Waals surface area contributed by atoms with Gasteiger partial charge >= 0.3 is 12.0 Å². The highest BCUT2D eigenvalue weighted by atomic mass is 32.2. The Balaban J connectivity index is 1.00. The summed E-state index contributed by atoms with van der Waals surface area (Å²) in [4.78, 5) is 68.9. The number of thiophene rings is 1. The topological polar surface area (TPSA) is 221 Å². The second-order valence-electron chi connectivity index (χ2n) is 19.0. The van der Waals surface area contributed by atoms with Gasteiger partial charge in [-0.2, -0.15) is 4.31 Å². The van der Waals surface area contributed by atoms with Crippen molar-refractivity contribution < 1.29 is 42.2 Å². The molecule has 5 aliphatic rings. The first-order chi connectivity index (χ1) is 32.7. The van der Waals surface area contributed by atoms with Crippen molar-refractivity contribution in [3.05, 3.63) is 58.1 Å². The minimum absolute atomic E-state index is 0.0315. The Labute approximate surface area is 404 Å². The molecule has 1 unspecified atom stereocenters. The van der Waals surface area contributed by atoms with E-state index >= 15 is 4.79 Å². The molecule has 2 saturated carbocycles. The first kappa shape index (κ1) is 47.7. The number of aliphatic carboxylic acids is 1. The molecule has 6 heterocycles. The normalized spacial score (nSPS) is 26.4. The minimum atomic E-state index is -3.72. The van der Waals surface area contributed by atoms with Crippen LogP contribution in [0.2, 0.25) is 0 Å². The number of ether oxygens (including phenoxy) is 2. The molecule has 0 bridgehead atoms. The van der Waals surface area contributed by atoms with Crippen LogP contribution in [0.15, 0.2) is 58.1 Å². The molecule has 4 aromatic rings. The first-order valence-electron chi connectivity index (χ1n) is 23.8. The number of thiazole rings is 1. The quantitative estimate of drug-likeness (QED) is 0.0916. The largest absolute Gasteiger partial charge is 0.497 e. The van der Waals surface area contributed by atoms with Crippen LogP contribution in [-0.4, -0.2) is 113 Å². The van der Waals surface area contributed by atoms with E-state index in [0.29, 0.717) is 51.5 Å². The SMILES string of the molecule is COc1ccc2c(O[C@@H]3C[C@H]4C(=O)N[C@]5(C(=O)O)CC5/C=C\CCCCC[C@H](NC(=O)N[C@H](CN5Cc6sccc6S5(=O)=O)C5CCCCC5)C(=O)N4C3)cc(-c3csc(NC(C)C)n3)nc2c1. The van der Waals surface area contributed by atoms with Crippen molar-refractivity contribution in [1.29, 1.82) is 0 Å². The van der Waals surface area contributed by atoms with E-state index in [-0.39, 0.29) is 50.9 Å². The fourth-order valence-electron chi connectivity index (χ4n) is 10.2. The number of hydrogen-bond donors (Lipinski definition) is 5. The molecule has 3 aromatic heterocycles. The standard InChI is InChI=1S/C48H60N8O9S3/c1-28(2)49-47-53-38(27-67-47)36-22-40(33-17-16-31(64-3)20-35(33)50-36)65-32-21-39-43(57)54-48(45(59)60)23-30(48)14-10-5-4-6-11-15-34(44(58)56(39)24-32)51-46(61)52-37(29-12-8-7-9-13-29)25-55-26-41-42(18-19-66-41)68(55,62)63/h10,14,16-20,22,27-30,32,34,37,39H,4-9,11-13,15,21,23-26H2,1-3H3,(H,49,53)(H,54,57)(H,59,60)(H2,51,52,61)/b14-10-/t30?,32-,34+,37-,39+,48-/m1/s1. The number of urea groups is 1. The van der Waals surface area contributed by atoms with Crippen LogP contribution in [0.5, 0.6) is 11.5 Å². The van der Waals surface area contributed by atoms with Gasteiger partial charge in [-0.05, 0) is 81.9 Å². The molecule has 0 radical (unpaired) electrons. The van der Waals surface area contributed by atoms with Gasteiger partial charge in [0.05, 0.1) is 29.8 Å². The van der Waals surface area contributed by atoms with Gasteiger partial charge in [0.25, 0.3) is 0 Å². The molecule has 20 heteroatoms. The van der Waals surface area contributed by atoms with Crippen LogP contribution in [0.3, 0.4) is 0 Å². The van der Waals surface area contributed by atoms with Crippen LogP contribution in [0, 0.1) is 11.8 Å². The zero-order chi connectivity index (χ0) is 47.7. The summed E-state index contributed by atoms with van der Waals surface area (Å²) in [7, 11) is -2.15. The Hall–Kier alpha value is -5.31. The number of carbonyl (C=O) groups is 4. The molecule has 3 aliphatic heterocycles. The number of carbonyl (C=O) groups excluding carboxylic acids is 3. The maximum absolute atomic E-state index is 15.1. The maximum Gasteiger partial charge on any atom is 0.330 e. The first-order valence-corrected chi connectivity index (χ1v) is 27.0. The van der Waals surface area contributed by atoms with Crippen LogP contribution in [0.4, 0.5) is 9.93 Å². The number of methoxy groups -OCH3 is 1. The van der Waals surface area contributed by atoms with E-state index in [4.69, 9.17) is 19.4 Å². The minimum Gasteiger partial charge on any atom is -0.497 e. The number of amides is 4. The van der Waals surface area contributed by atoms with Gasteiger partial charge in [0.15, 0.2) is 5.13 Å². The van der Waals surface area contributed by atoms with Crippen molar-refractivity contribution in [1.82, 2.24) is 35.1 Å². The molecule has 3 fully saturated rings. The van der Waals surface area contributed by atoms with Gasteiger partial charge in [-0.3, -0.25) is 9.59 Å². The molecule has 1 aromatic carbocycles. The second-order valence-corrected chi connectivity index (χ2v) is 22.8. The molecule has 0 spiro atoms. The van der Waals surface area contributed by atoms with Crippen molar-refractivity contribution in [2.75, 3.05) is 25.5 Å². The molecule has 5 N–H and O–H groups in total. The van der Waals surface area contributed by atoms with Gasteiger partial charge in [0.1, 0.15) is 40.9 Å². The number of carboxylic acids is 1. The van der Waals surface area contributed by atoms with E-state index < -0.39 is 69.5 Å². The Morgan fingerprint density at radius 2 is 1.81 bits per heavy atom. The number of hydrogen-bond acceptors (Lipinski definition) is 13. The molecule has 17 nitrogen and oxygen atoms in total. The maximum atomic E-state index is 15.1. The predicted molar refractivity (Wildman–Crippen MR) is 259 cm³/mol. The number of nitrogens with zero attached hydrogens (tertiary/aromatic N) is 4. The second kappa shape index (κ2) is 20.0. The average Bonchev–Trinajstić information content (AvgIpc) is 3.79. The van der Waals surface area contributed by atoms with Crippen LogP contribution >= 0.6 is 22.7 Å². The highest BCUT2D eigenvalue weighted by Crippen LogP contribution is 2.46. The monoisotopic (exact) mass is 988 g/mol. The fraction of sp³-hybridized carbons (Fsp3) is 0.542. The third kappa shape index (κ3) is 10.0. The van der Waals surface area contributed by atoms with Crippen LogP contribution in [0.1, 0.15) is 95.8 Å². The third-order valence-corrected chi connectivity index (χ3v) is 17.7. The number of rotatable bonds is 12. The van der Waals surface area contributed by atoms with Crippen LogP contribution in [0.25, 0.3) is 22.3 Å². The summed E-state index contributed by atoms with van der Waals surface area (Å²) in [6, 6.07) is 5.76. The predicted octanol–water partition coefficient (Wildman–Crippen LogP) is 6.90. The van der Waals surface area contributed by atoms with Gasteiger partial charge in [0.2, 0.25) is 21.8 Å². The fourth-order valence-corrected chi connectivity index (χ4v) is 14.0. The molecule has 2 aliphatic carbocycles. The van der Waals surface area contributed by atoms with E-state index in [2.05, 4.69) is 21.3 Å². The zero-order valence-corrected chi connectivity index (χ0v) is 41.0. The summed E-state index contributed by atoms with van der Waals surface area (Å²) in [5.41, 5.74) is 0.255. The summed E-state index contributed by atoms with van der Waals surface area (Å²) in [5.74, 6) is -1.57. The average molecular weight is 989 g/mol. The van der Waals surface area contributed by atoms with E-state index in [1.165, 1.54) is 31.9 Å². The molecule has 4 amide bonds. The van der Waals surface area contributed by atoms with Gasteiger partial charge in [-0.25, -0.2) is 28.0 Å². The third-order valence-electron chi connectivity index (χ3n) is 14.0. The molecular formula is C48H60N8O9S3. The number of aromatic nitrogens is 2. The molecular weight excluding hydrogens is 929 g/mol. The van der Waals surface area contributed by atoms with Crippen molar-refractivity contribution >= 4 is 72.5 Å². The van der Waals surface area contributed by atoms with Crippen molar-refractivity contribution in [2.24, 2.45) is 11.8 Å². The molecule has 9 rings (SSSR count). The smallest absolute Gasteiger partial charge is 0.330 e. The van der Waals surface area contributed by atoms with Gasteiger partial charge < -0.3 is 40.7 Å². The molecule has 68 heavy (non-hydrogen) atoms. The highest BCUT2D eigenvalue weighted by molar-refractivity contribution is 7.89. The number of nitrogens with one attached hydrogen (secondary N) is 4. The van der Waals surface area contributed by atoms with Crippen LogP contribution < -0.4 is 30.7 Å². The van der Waals surface area contributed by atoms with E-state index in [1.807, 2.05) is 37.4 Å². The molecule has 1 saturated heterocycles. The number of allylic oxidation sites excluding steroid dienone is 1. The lowest BCUT2D eigenvalue weighted by Crippen LogP contribution is -2.58. The number of fused-ring (bicyclic) bond motifs is 4. The number of pyridine rings is 1. The number of benzene rings is 1. The Bertz CT molecular complexity index is 2680. The Kier molecular flexibility index (Phi) is 14.0. The van der Waals surface area contributed by atoms with Gasteiger partial charge in [-0.15, -0.1) is 22.7 Å². The summed E-state index contributed by atoms with van der Waals surface area (Å²) >= 11 is 2.86. The lowest BCUT2D eigenvalue weighted by atomic mass is 9.84. The van der Waals surface area contributed by atoms with E-state index in [9.17, 15) is 27.9 Å². The number of sulfonamides is 1. The lowest BCUT2D eigenvalue weighted by Gasteiger charge is -2.34. The summed E-state index contributed by atoms with van der Waals surface area (Å²) < 4.78 is 40.9. The number of carboxylic acid groups (broad SMARTS) is 1. The van der Waals surface area contributed by atoms with Gasteiger partial charge in [0, 0.05) is 65.3 Å². The Morgan fingerprint density at radius 3 is 2.57 bits per heavy atom. The Morgan fingerprint density at radius 1 is 1.01 bits per heavy atom. The van der Waals surface area contributed by atoms with Gasteiger partial charge in [-0.1, -0.05) is 44.3 Å². The van der Waals surface area contributed by atoms with Crippen molar-refractivity contribution in [3.63, 3.8) is 0 Å². The van der Waals surface area contributed by atoms with Crippen molar-refractivity contribution in [3.8, 4) is 22.9 Å². The highest BCUT2D eigenvalue weighted by Gasteiger charge is 2.61. The summed E-state index contributed by atoms with van der Waals surface area (Å²) in [5, 5.41) is 27.8. The lowest BCUT2D eigenvalue weighted by molar-refractivity contribution is -0.145. The van der Waals surface area contributed by atoms with Crippen molar-refractivity contribution in [2.45, 2.75) is 138 Å². The molecule has 364 valence electrons. The van der Waals surface area contributed by atoms with E-state index in [1.54, 1.807) is 36.8 Å². The number of anilines is 1. The molecule has 6 atom stereocenters. The summed E-state index contributed by atoms with van der Waals surface area (Å²) in [6.07, 6.45) is 11.2. The van der Waals surface area contributed by atoms with Crippen LogP contribution in [-0.2, 0) is 31.0 Å². The summed E-state index contributed by atoms with van der Waals surface area (Å²) in [6.45, 7) is 4.38. The zero-order valence-electron chi connectivity index (χ0n) is 38.6.